The Kier molecular flexibility index (Phi) is 6.05. The van der Waals surface area contributed by atoms with Crippen LogP contribution < -0.4 is 5.32 Å². The Labute approximate surface area is 160 Å². The van der Waals surface area contributed by atoms with Gasteiger partial charge in [-0.05, 0) is 25.0 Å². The average molecular weight is 389 g/mol. The van der Waals surface area contributed by atoms with E-state index >= 15 is 0 Å². The van der Waals surface area contributed by atoms with Crippen LogP contribution >= 0.6 is 23.1 Å². The van der Waals surface area contributed by atoms with E-state index in [-0.39, 0.29) is 5.91 Å². The number of hydrogen-bond acceptors (Lipinski definition) is 7. The van der Waals surface area contributed by atoms with E-state index in [0.29, 0.717) is 22.4 Å². The predicted octanol–water partition coefficient (Wildman–Crippen LogP) is 4.58. The van der Waals surface area contributed by atoms with Gasteiger partial charge in [0, 0.05) is 17.4 Å². The van der Waals surface area contributed by atoms with Crippen LogP contribution in [-0.4, -0.2) is 21.3 Å². The lowest BCUT2D eigenvalue weighted by atomic mass is 10.1. The highest BCUT2D eigenvalue weighted by molar-refractivity contribution is 7.98. The van der Waals surface area contributed by atoms with Gasteiger partial charge in [-0.25, -0.2) is 0 Å². The summed E-state index contributed by atoms with van der Waals surface area (Å²) in [6.07, 6.45) is 0.858. The molecule has 26 heavy (non-hydrogen) atoms. The maximum Gasteiger partial charge on any atom is 0.258 e. The summed E-state index contributed by atoms with van der Waals surface area (Å²) in [6, 6.07) is 9.39. The van der Waals surface area contributed by atoms with Crippen LogP contribution in [0.15, 0.2) is 39.8 Å². The van der Waals surface area contributed by atoms with E-state index in [0.717, 1.165) is 27.8 Å². The smallest absolute Gasteiger partial charge is 0.258 e. The minimum atomic E-state index is -0.186. The summed E-state index contributed by atoms with van der Waals surface area (Å²) < 4.78 is 5.23. The summed E-state index contributed by atoms with van der Waals surface area (Å²) in [4.78, 5) is 13.5. The molecule has 8 heteroatoms. The maximum absolute atomic E-state index is 12.7. The zero-order chi connectivity index (χ0) is 18.5. The van der Waals surface area contributed by atoms with Crippen LogP contribution in [0.4, 0.5) is 5.13 Å². The molecule has 1 aromatic carbocycles. The number of rotatable bonds is 7. The van der Waals surface area contributed by atoms with E-state index in [1.54, 1.807) is 6.07 Å². The van der Waals surface area contributed by atoms with Crippen molar-refractivity contribution in [2.24, 2.45) is 5.92 Å². The number of aryl methyl sites for hydroxylation is 1. The fourth-order valence-corrected chi connectivity index (χ4v) is 4.19. The van der Waals surface area contributed by atoms with Crippen molar-refractivity contribution in [1.82, 2.24) is 15.4 Å². The van der Waals surface area contributed by atoms with Crippen LogP contribution in [0.1, 0.15) is 40.7 Å². The van der Waals surface area contributed by atoms with E-state index < -0.39 is 0 Å². The van der Waals surface area contributed by atoms with Crippen molar-refractivity contribution < 1.29 is 9.32 Å². The molecule has 136 valence electrons. The van der Waals surface area contributed by atoms with Gasteiger partial charge >= 0.3 is 0 Å². The fourth-order valence-electron chi connectivity index (χ4n) is 2.31. The molecule has 0 aliphatic rings. The number of carbonyl (C=O) groups excluding carboxylic acids is 1. The Morgan fingerprint density at radius 1 is 1.31 bits per heavy atom. The van der Waals surface area contributed by atoms with Gasteiger partial charge in [-0.2, -0.15) is 0 Å². The Hall–Kier alpha value is -2.19. The zero-order valence-electron chi connectivity index (χ0n) is 14.9. The number of amides is 1. The van der Waals surface area contributed by atoms with E-state index in [1.165, 1.54) is 23.1 Å². The van der Waals surface area contributed by atoms with Crippen molar-refractivity contribution in [1.29, 1.82) is 0 Å². The normalized spacial score (nSPS) is 11.1. The maximum atomic E-state index is 12.7. The minimum Gasteiger partial charge on any atom is -0.360 e. The molecule has 2 aromatic heterocycles. The predicted molar refractivity (Wildman–Crippen MR) is 104 cm³/mol. The van der Waals surface area contributed by atoms with Crippen molar-refractivity contribution >= 4 is 34.1 Å². The number of carbonyl (C=O) groups is 1. The number of nitrogens with one attached hydrogen (secondary N) is 1. The highest BCUT2D eigenvalue weighted by Crippen LogP contribution is 2.27. The highest BCUT2D eigenvalue weighted by atomic mass is 32.2. The molecular weight excluding hydrogens is 368 g/mol. The molecule has 0 aliphatic carbocycles. The first kappa shape index (κ1) is 18.6. The lowest BCUT2D eigenvalue weighted by Gasteiger charge is -2.07. The van der Waals surface area contributed by atoms with Crippen LogP contribution in [0.3, 0.4) is 0 Å². The molecule has 0 saturated heterocycles. The zero-order valence-corrected chi connectivity index (χ0v) is 16.5. The largest absolute Gasteiger partial charge is 0.360 e. The Morgan fingerprint density at radius 2 is 2.12 bits per heavy atom. The topological polar surface area (TPSA) is 80.9 Å². The summed E-state index contributed by atoms with van der Waals surface area (Å²) in [5.41, 5.74) is 1.45. The van der Waals surface area contributed by atoms with Crippen LogP contribution in [0.2, 0.25) is 0 Å². The van der Waals surface area contributed by atoms with Crippen molar-refractivity contribution in [3.05, 3.63) is 52.4 Å². The monoisotopic (exact) mass is 388 g/mol. The third-order valence-corrected chi connectivity index (χ3v) is 5.41. The molecule has 0 fully saturated rings. The number of anilines is 1. The third-order valence-electron chi connectivity index (χ3n) is 3.45. The van der Waals surface area contributed by atoms with Gasteiger partial charge in [0.15, 0.2) is 0 Å². The van der Waals surface area contributed by atoms with E-state index in [1.807, 2.05) is 31.2 Å². The van der Waals surface area contributed by atoms with Gasteiger partial charge in [0.25, 0.3) is 5.91 Å². The molecule has 0 saturated carbocycles. The van der Waals surface area contributed by atoms with Crippen molar-refractivity contribution in [2.45, 2.75) is 37.8 Å². The second-order valence-electron chi connectivity index (χ2n) is 6.27. The van der Waals surface area contributed by atoms with Gasteiger partial charge in [-0.15, -0.1) is 22.0 Å². The molecule has 2 heterocycles. The standard InChI is InChI=1S/C18H20N4O2S2/c1-11(2)8-16-20-21-18(26-16)19-17(23)14-6-4-5-7-15(14)25-10-13-9-12(3)22-24-13/h4-7,9,11H,8,10H2,1-3H3,(H,19,21,23). The highest BCUT2D eigenvalue weighted by Gasteiger charge is 2.15. The molecule has 1 N–H and O–H groups in total. The Balaban J connectivity index is 1.68. The van der Waals surface area contributed by atoms with Gasteiger partial charge < -0.3 is 4.52 Å². The Morgan fingerprint density at radius 3 is 2.85 bits per heavy atom. The number of nitrogens with zero attached hydrogens (tertiary/aromatic N) is 3. The lowest BCUT2D eigenvalue weighted by Crippen LogP contribution is -2.12. The summed E-state index contributed by atoms with van der Waals surface area (Å²) in [6.45, 7) is 6.14. The molecule has 0 radical (unpaired) electrons. The number of benzene rings is 1. The molecule has 0 atom stereocenters. The summed E-state index contributed by atoms with van der Waals surface area (Å²) in [7, 11) is 0. The number of aromatic nitrogens is 3. The van der Waals surface area contributed by atoms with Gasteiger partial charge in [0.1, 0.15) is 10.8 Å². The van der Waals surface area contributed by atoms with Crippen molar-refractivity contribution in [2.75, 3.05) is 5.32 Å². The van der Waals surface area contributed by atoms with Crippen LogP contribution in [-0.2, 0) is 12.2 Å². The first-order valence-electron chi connectivity index (χ1n) is 8.29. The molecular formula is C18H20N4O2S2. The van der Waals surface area contributed by atoms with Crippen molar-refractivity contribution in [3.8, 4) is 0 Å². The summed E-state index contributed by atoms with van der Waals surface area (Å²) in [5.74, 6) is 1.71. The fraction of sp³-hybridized carbons (Fsp3) is 0.333. The van der Waals surface area contributed by atoms with Gasteiger partial charge in [0.2, 0.25) is 5.13 Å². The summed E-state index contributed by atoms with van der Waals surface area (Å²) in [5, 5.41) is 16.4. The second-order valence-corrected chi connectivity index (χ2v) is 8.35. The first-order chi connectivity index (χ1) is 12.5. The minimum absolute atomic E-state index is 0.186. The molecule has 1 amide bonds. The molecule has 3 rings (SSSR count). The average Bonchev–Trinajstić information content (AvgIpc) is 3.21. The van der Waals surface area contributed by atoms with E-state index in [2.05, 4.69) is 34.5 Å². The van der Waals surface area contributed by atoms with Gasteiger partial charge in [-0.3, -0.25) is 10.1 Å². The quantitative estimate of drug-likeness (QED) is 0.597. The molecule has 0 bridgehead atoms. The molecule has 0 aliphatic heterocycles. The van der Waals surface area contributed by atoms with Crippen molar-refractivity contribution in [3.63, 3.8) is 0 Å². The lowest BCUT2D eigenvalue weighted by molar-refractivity contribution is 0.102. The van der Waals surface area contributed by atoms with E-state index in [4.69, 9.17) is 4.52 Å². The number of hydrogen-bond donors (Lipinski definition) is 1. The molecule has 6 nitrogen and oxygen atoms in total. The van der Waals surface area contributed by atoms with E-state index in [9.17, 15) is 4.79 Å². The SMILES string of the molecule is Cc1cc(CSc2ccccc2C(=O)Nc2nnc(CC(C)C)s2)on1. The van der Waals surface area contributed by atoms with Crippen LogP contribution in [0.25, 0.3) is 0 Å². The Bertz CT molecular complexity index is 889. The second kappa shape index (κ2) is 8.46. The molecule has 0 spiro atoms. The third kappa shape index (κ3) is 4.92. The first-order valence-corrected chi connectivity index (χ1v) is 10.1. The summed E-state index contributed by atoms with van der Waals surface area (Å²) >= 11 is 2.96. The molecule has 3 aromatic rings. The van der Waals surface area contributed by atoms with Crippen LogP contribution in [0, 0.1) is 12.8 Å². The molecule has 0 unspecified atom stereocenters. The van der Waals surface area contributed by atoms with Gasteiger partial charge in [0.05, 0.1) is 17.0 Å². The van der Waals surface area contributed by atoms with Crippen LogP contribution in [0.5, 0.6) is 0 Å². The number of thioether (sulfide) groups is 1. The van der Waals surface area contributed by atoms with Gasteiger partial charge in [-0.1, -0.05) is 42.5 Å².